The fourth-order valence-corrected chi connectivity index (χ4v) is 1.95. The van der Waals surface area contributed by atoms with E-state index in [4.69, 9.17) is 15.7 Å². The average molecular weight is 334 g/mol. The van der Waals surface area contributed by atoms with Crippen molar-refractivity contribution in [1.29, 1.82) is 0 Å². The number of amides is 3. The fourth-order valence-electron chi connectivity index (χ4n) is 1.95. The van der Waals surface area contributed by atoms with Gasteiger partial charge in [-0.25, -0.2) is 0 Å². The molecule has 4 radical (unpaired) electrons. The van der Waals surface area contributed by atoms with Crippen LogP contribution < -0.4 is 10.6 Å². The normalized spacial score (nSPS) is 10.1. The van der Waals surface area contributed by atoms with E-state index in [1.807, 2.05) is 0 Å². The monoisotopic (exact) mass is 334 g/mol. The van der Waals surface area contributed by atoms with Crippen molar-refractivity contribution in [2.75, 3.05) is 46.3 Å². The van der Waals surface area contributed by atoms with Crippen LogP contribution in [0.2, 0.25) is 12.6 Å². The Balaban J connectivity index is 4.39. The second kappa shape index (κ2) is 12.6. The van der Waals surface area contributed by atoms with E-state index in [0.29, 0.717) is 6.54 Å². The van der Waals surface area contributed by atoms with Crippen LogP contribution in [-0.4, -0.2) is 95.3 Å². The van der Waals surface area contributed by atoms with E-state index >= 15 is 0 Å². The van der Waals surface area contributed by atoms with Gasteiger partial charge in [-0.3, -0.25) is 19.2 Å². The molecule has 0 saturated heterocycles. The highest BCUT2D eigenvalue weighted by molar-refractivity contribution is 6.20. The molecule has 0 atom stereocenters. The highest BCUT2D eigenvalue weighted by Gasteiger charge is 2.16. The zero-order chi connectivity index (χ0) is 18.5. The largest absolute Gasteiger partial charge is 0.353 e. The Hall–Kier alpha value is -1.83. The van der Waals surface area contributed by atoms with Gasteiger partial charge in [-0.1, -0.05) is 0 Å². The molecule has 130 valence electrons. The van der Waals surface area contributed by atoms with E-state index < -0.39 is 0 Å². The van der Waals surface area contributed by atoms with Gasteiger partial charge in [-0.15, -0.1) is 0 Å². The molecule has 2 N–H and O–H groups in total. The summed E-state index contributed by atoms with van der Waals surface area (Å²) >= 11 is 0. The minimum atomic E-state index is -0.373. The molecule has 0 aromatic heterocycles. The summed E-state index contributed by atoms with van der Waals surface area (Å²) in [6.07, 6.45) is -0.372. The van der Waals surface area contributed by atoms with Crippen molar-refractivity contribution < 1.29 is 19.2 Å². The van der Waals surface area contributed by atoms with E-state index in [2.05, 4.69) is 10.6 Å². The number of ketones is 1. The zero-order valence-corrected chi connectivity index (χ0v) is 14.3. The highest BCUT2D eigenvalue weighted by Crippen LogP contribution is 1.95. The molecule has 0 aliphatic heterocycles. The number of hydrogen-bond donors (Lipinski definition) is 2. The Morgan fingerprint density at radius 2 is 1.54 bits per heavy atom. The molecule has 0 spiro atoms. The van der Waals surface area contributed by atoms with Crippen LogP contribution in [0.4, 0.5) is 0 Å². The molecule has 8 nitrogen and oxygen atoms in total. The standard InChI is InChI=1S/C14H24B2N4O4/c1-3-19(13(23)6-15)10-12(22)18-4-5-20(14(24)7-16)9-11(21)8-17-2/h17H,3-10H2,1-2H3,(H,18,22). The van der Waals surface area contributed by atoms with Crippen LogP contribution in [0.1, 0.15) is 6.92 Å². The maximum absolute atomic E-state index is 11.8. The Bertz CT molecular complexity index is 448. The molecular weight excluding hydrogens is 310 g/mol. The van der Waals surface area contributed by atoms with Crippen molar-refractivity contribution in [2.24, 2.45) is 0 Å². The van der Waals surface area contributed by atoms with Gasteiger partial charge >= 0.3 is 0 Å². The summed E-state index contributed by atoms with van der Waals surface area (Å²) in [7, 11) is 12.2. The lowest BCUT2D eigenvalue weighted by atomic mass is 10.0. The second-order valence-electron chi connectivity index (χ2n) is 5.05. The lowest BCUT2D eigenvalue weighted by molar-refractivity contribution is -0.134. The van der Waals surface area contributed by atoms with Gasteiger partial charge < -0.3 is 20.4 Å². The van der Waals surface area contributed by atoms with Gasteiger partial charge in [0.15, 0.2) is 5.78 Å². The second-order valence-corrected chi connectivity index (χ2v) is 5.05. The first-order valence-corrected chi connectivity index (χ1v) is 7.78. The molecule has 0 bridgehead atoms. The van der Waals surface area contributed by atoms with Crippen molar-refractivity contribution in [3.8, 4) is 0 Å². The van der Waals surface area contributed by atoms with Crippen LogP contribution in [0.3, 0.4) is 0 Å². The number of nitrogens with one attached hydrogen (secondary N) is 2. The number of carbonyl (C=O) groups excluding carboxylic acids is 4. The van der Waals surface area contributed by atoms with Crippen LogP contribution in [0, 0.1) is 0 Å². The van der Waals surface area contributed by atoms with Gasteiger partial charge in [0, 0.05) is 19.6 Å². The summed E-state index contributed by atoms with van der Waals surface area (Å²) in [5.74, 6) is -1.20. The Morgan fingerprint density at radius 1 is 0.958 bits per heavy atom. The Kier molecular flexibility index (Phi) is 11.6. The minimum Gasteiger partial charge on any atom is -0.353 e. The third-order valence-corrected chi connectivity index (χ3v) is 3.22. The molecule has 0 rings (SSSR count). The smallest absolute Gasteiger partial charge is 0.239 e. The fraction of sp³-hybridized carbons (Fsp3) is 0.714. The van der Waals surface area contributed by atoms with E-state index in [1.54, 1.807) is 14.0 Å². The number of rotatable bonds is 12. The molecule has 0 unspecified atom stereocenters. The zero-order valence-electron chi connectivity index (χ0n) is 14.3. The van der Waals surface area contributed by atoms with Gasteiger partial charge in [0.05, 0.1) is 35.3 Å². The first-order valence-electron chi connectivity index (χ1n) is 7.78. The maximum atomic E-state index is 11.8. The molecular formula is C14H24B2N4O4. The SMILES string of the molecule is [B]CC(=O)N(CCNC(=O)CN(CC)C(=O)C[B])CC(=O)CNC. The molecule has 0 saturated carbocycles. The first-order chi connectivity index (χ1) is 11.4. The van der Waals surface area contributed by atoms with E-state index in [1.165, 1.54) is 9.80 Å². The molecule has 24 heavy (non-hydrogen) atoms. The van der Waals surface area contributed by atoms with Crippen molar-refractivity contribution in [2.45, 2.75) is 19.6 Å². The molecule has 10 heteroatoms. The first kappa shape index (κ1) is 22.2. The van der Waals surface area contributed by atoms with E-state index in [-0.39, 0.29) is 68.9 Å². The summed E-state index contributed by atoms with van der Waals surface area (Å²) < 4.78 is 0. The Labute approximate surface area is 145 Å². The van der Waals surface area contributed by atoms with Gasteiger partial charge in [-0.2, -0.15) is 0 Å². The number of nitrogens with zero attached hydrogens (tertiary/aromatic N) is 2. The van der Waals surface area contributed by atoms with Crippen LogP contribution in [0.15, 0.2) is 0 Å². The van der Waals surface area contributed by atoms with Crippen molar-refractivity contribution in [3.63, 3.8) is 0 Å². The average Bonchev–Trinajstić information content (AvgIpc) is 2.57. The van der Waals surface area contributed by atoms with Crippen molar-refractivity contribution in [3.05, 3.63) is 0 Å². The minimum absolute atomic E-state index is 0.0700. The summed E-state index contributed by atoms with van der Waals surface area (Å²) in [5, 5.41) is 5.32. The van der Waals surface area contributed by atoms with Crippen LogP contribution in [-0.2, 0) is 19.2 Å². The summed E-state index contributed by atoms with van der Waals surface area (Å²) in [5.41, 5.74) is 0. The molecule has 0 aliphatic carbocycles. The molecule has 3 amide bonds. The lowest BCUT2D eigenvalue weighted by Crippen LogP contribution is -2.45. The number of likely N-dealkylation sites (N-methyl/N-ethyl adjacent to an activating group) is 2. The predicted octanol–water partition coefficient (Wildman–Crippen LogP) is -2.26. The van der Waals surface area contributed by atoms with Crippen LogP contribution in [0.25, 0.3) is 0 Å². The topological polar surface area (TPSA) is 98.8 Å². The third kappa shape index (κ3) is 8.71. The van der Waals surface area contributed by atoms with Crippen molar-refractivity contribution >= 4 is 39.2 Å². The molecule has 0 heterocycles. The van der Waals surface area contributed by atoms with Gasteiger partial charge in [0.25, 0.3) is 0 Å². The molecule has 0 fully saturated rings. The van der Waals surface area contributed by atoms with E-state index in [0.717, 1.165) is 0 Å². The summed E-state index contributed by atoms with van der Waals surface area (Å²) in [4.78, 5) is 49.3. The third-order valence-electron chi connectivity index (χ3n) is 3.22. The van der Waals surface area contributed by atoms with Gasteiger partial charge in [-0.05, 0) is 26.6 Å². The summed E-state index contributed by atoms with van der Waals surface area (Å²) in [6, 6.07) is 0. The molecule has 0 aromatic rings. The number of Topliss-reactive ketones (excluding diaryl/α,β-unsaturated/α-hetero) is 1. The predicted molar refractivity (Wildman–Crippen MR) is 91.9 cm³/mol. The van der Waals surface area contributed by atoms with Crippen LogP contribution in [0.5, 0.6) is 0 Å². The summed E-state index contributed by atoms with van der Waals surface area (Å²) in [6.45, 7) is 2.42. The van der Waals surface area contributed by atoms with E-state index in [9.17, 15) is 19.2 Å². The van der Waals surface area contributed by atoms with Gasteiger partial charge in [0.1, 0.15) is 0 Å². The molecule has 0 aliphatic rings. The van der Waals surface area contributed by atoms with Crippen molar-refractivity contribution in [1.82, 2.24) is 20.4 Å². The Morgan fingerprint density at radius 3 is 2.04 bits per heavy atom. The molecule has 0 aromatic carbocycles. The maximum Gasteiger partial charge on any atom is 0.239 e. The van der Waals surface area contributed by atoms with Gasteiger partial charge in [0.2, 0.25) is 17.7 Å². The number of hydrogen-bond acceptors (Lipinski definition) is 5. The quantitative estimate of drug-likeness (QED) is 0.393. The van der Waals surface area contributed by atoms with Crippen LogP contribution >= 0.6 is 0 Å². The number of carbonyl (C=O) groups is 4. The highest BCUT2D eigenvalue weighted by atomic mass is 16.2. The lowest BCUT2D eigenvalue weighted by Gasteiger charge is -2.23.